The van der Waals surface area contributed by atoms with Gasteiger partial charge in [0.15, 0.2) is 0 Å². The smallest absolute Gasteiger partial charge is 0.136 e. The highest BCUT2D eigenvalue weighted by molar-refractivity contribution is 5.53. The number of benzene rings is 3. The fourth-order valence-corrected chi connectivity index (χ4v) is 5.75. The van der Waals surface area contributed by atoms with Gasteiger partial charge in [-0.3, -0.25) is 0 Å². The van der Waals surface area contributed by atoms with Crippen LogP contribution in [0.15, 0.2) is 103 Å². The second-order valence-electron chi connectivity index (χ2n) is 10.8. The number of hydrogen-bond donors (Lipinski definition) is 3. The van der Waals surface area contributed by atoms with E-state index in [1.807, 2.05) is 97.1 Å². The van der Waals surface area contributed by atoms with Crippen LogP contribution in [0.4, 0.5) is 0 Å². The predicted octanol–water partition coefficient (Wildman–Crippen LogP) is 7.97. The molecule has 2 unspecified atom stereocenters. The van der Waals surface area contributed by atoms with Crippen molar-refractivity contribution in [3.05, 3.63) is 120 Å². The van der Waals surface area contributed by atoms with E-state index in [0.29, 0.717) is 6.42 Å². The lowest BCUT2D eigenvalue weighted by molar-refractivity contribution is -0.132. The Labute approximate surface area is 236 Å². The standard InChI is InChI=1S/C36H48O3/c1-3-5-7-9-10-20-28-33(37)35(39,29-21-8-6-4-2)34(38)36(30-22-14-11-15-23-30,31-24-16-12-17-25-31)32-26-18-13-19-27-32/h11-19,21-27,29,33-34,37-39H,3-10,20,28H2,1-2H3/t33-,34?,35?/m1/s1. The van der Waals surface area contributed by atoms with Crippen molar-refractivity contribution in [2.45, 2.75) is 101 Å². The molecular formula is C36H48O3. The Kier molecular flexibility index (Phi) is 12.5. The largest absolute Gasteiger partial charge is 0.390 e. The zero-order chi connectivity index (χ0) is 28.0. The summed E-state index contributed by atoms with van der Waals surface area (Å²) in [6.07, 6.45) is 10.9. The average Bonchev–Trinajstić information content (AvgIpc) is 2.99. The minimum absolute atomic E-state index is 0.423. The van der Waals surface area contributed by atoms with Crippen LogP contribution < -0.4 is 0 Å². The highest BCUT2D eigenvalue weighted by atomic mass is 16.4. The maximum absolute atomic E-state index is 12.6. The van der Waals surface area contributed by atoms with E-state index < -0.39 is 23.2 Å². The molecule has 3 aromatic carbocycles. The van der Waals surface area contributed by atoms with Crippen LogP contribution >= 0.6 is 0 Å². The molecule has 0 saturated heterocycles. The first-order valence-corrected chi connectivity index (χ1v) is 14.9. The molecule has 0 aliphatic rings. The van der Waals surface area contributed by atoms with Crippen molar-refractivity contribution < 1.29 is 15.3 Å². The number of hydrogen-bond acceptors (Lipinski definition) is 3. The molecule has 0 fully saturated rings. The van der Waals surface area contributed by atoms with Gasteiger partial charge < -0.3 is 15.3 Å². The summed E-state index contributed by atoms with van der Waals surface area (Å²) in [6.45, 7) is 4.34. The highest BCUT2D eigenvalue weighted by Crippen LogP contribution is 2.47. The summed E-state index contributed by atoms with van der Waals surface area (Å²) in [5, 5.41) is 36.6. The Hall–Kier alpha value is -2.72. The van der Waals surface area contributed by atoms with Crippen LogP contribution in [0, 0.1) is 0 Å². The lowest BCUT2D eigenvalue weighted by Gasteiger charge is -2.47. The number of unbranched alkanes of at least 4 members (excludes halogenated alkanes) is 7. The minimum atomic E-state index is -1.86. The third kappa shape index (κ3) is 7.48. The Balaban J connectivity index is 2.14. The second kappa shape index (κ2) is 15.8. The quantitative estimate of drug-likeness (QED) is 0.0946. The minimum Gasteiger partial charge on any atom is -0.390 e. The van der Waals surface area contributed by atoms with Crippen molar-refractivity contribution in [1.29, 1.82) is 0 Å². The molecule has 3 heteroatoms. The maximum Gasteiger partial charge on any atom is 0.136 e. The summed E-state index contributed by atoms with van der Waals surface area (Å²) in [6, 6.07) is 29.7. The van der Waals surface area contributed by atoms with E-state index in [-0.39, 0.29) is 0 Å². The first kappa shape index (κ1) is 30.8. The summed E-state index contributed by atoms with van der Waals surface area (Å²) in [7, 11) is 0. The van der Waals surface area contributed by atoms with Crippen molar-refractivity contribution in [3.8, 4) is 0 Å². The first-order chi connectivity index (χ1) is 19.0. The Morgan fingerprint density at radius 2 is 1.05 bits per heavy atom. The maximum atomic E-state index is 12.6. The summed E-state index contributed by atoms with van der Waals surface area (Å²) in [4.78, 5) is 0. The second-order valence-corrected chi connectivity index (χ2v) is 10.8. The van der Waals surface area contributed by atoms with Crippen LogP contribution in [0.5, 0.6) is 0 Å². The lowest BCUT2D eigenvalue weighted by atomic mass is 9.60. The zero-order valence-electron chi connectivity index (χ0n) is 23.9. The van der Waals surface area contributed by atoms with Crippen LogP contribution in [0.25, 0.3) is 0 Å². The summed E-state index contributed by atoms with van der Waals surface area (Å²) in [5.74, 6) is 0. The van der Waals surface area contributed by atoms with Crippen LogP contribution in [0.3, 0.4) is 0 Å². The Morgan fingerprint density at radius 3 is 1.51 bits per heavy atom. The highest BCUT2D eigenvalue weighted by Gasteiger charge is 2.54. The summed E-state index contributed by atoms with van der Waals surface area (Å²) < 4.78 is 0. The molecule has 0 saturated carbocycles. The molecule has 3 atom stereocenters. The zero-order valence-corrected chi connectivity index (χ0v) is 23.9. The van der Waals surface area contributed by atoms with Gasteiger partial charge in [0.1, 0.15) is 11.7 Å². The van der Waals surface area contributed by atoms with Gasteiger partial charge in [0.25, 0.3) is 0 Å². The molecule has 3 N–H and O–H groups in total. The van der Waals surface area contributed by atoms with Gasteiger partial charge in [0.05, 0.1) is 11.5 Å². The lowest BCUT2D eigenvalue weighted by Crippen LogP contribution is -2.60. The molecule has 3 rings (SSSR count). The van der Waals surface area contributed by atoms with Crippen LogP contribution in [-0.2, 0) is 5.41 Å². The molecule has 3 nitrogen and oxygen atoms in total. The van der Waals surface area contributed by atoms with Gasteiger partial charge in [0.2, 0.25) is 0 Å². The third-order valence-corrected chi connectivity index (χ3v) is 8.01. The fourth-order valence-electron chi connectivity index (χ4n) is 5.75. The molecule has 0 amide bonds. The van der Waals surface area contributed by atoms with Crippen LogP contribution in [0.1, 0.15) is 94.7 Å². The SMILES string of the molecule is CCCCC=CC(O)(C(O)C(c1ccccc1)(c1ccccc1)c1ccccc1)[C@H](O)CCCCCCCC. The van der Waals surface area contributed by atoms with Gasteiger partial charge >= 0.3 is 0 Å². The van der Waals surface area contributed by atoms with E-state index >= 15 is 0 Å². The molecule has 0 bridgehead atoms. The van der Waals surface area contributed by atoms with E-state index in [2.05, 4.69) is 13.8 Å². The van der Waals surface area contributed by atoms with Crippen molar-refractivity contribution in [2.24, 2.45) is 0 Å². The molecule has 0 aliphatic heterocycles. The number of allylic oxidation sites excluding steroid dienone is 1. The molecule has 0 aromatic heterocycles. The summed E-state index contributed by atoms with van der Waals surface area (Å²) in [5.41, 5.74) is -0.389. The molecule has 3 aromatic rings. The average molecular weight is 529 g/mol. The van der Waals surface area contributed by atoms with Crippen molar-refractivity contribution in [1.82, 2.24) is 0 Å². The number of aliphatic hydroxyl groups is 3. The van der Waals surface area contributed by atoms with Gasteiger partial charge in [-0.25, -0.2) is 0 Å². The van der Waals surface area contributed by atoms with E-state index in [0.717, 1.165) is 55.2 Å². The van der Waals surface area contributed by atoms with Crippen molar-refractivity contribution in [2.75, 3.05) is 0 Å². The normalized spacial score (nSPS) is 15.2. The Bertz CT molecular complexity index is 983. The van der Waals surface area contributed by atoms with Gasteiger partial charge in [-0.15, -0.1) is 0 Å². The molecular weight excluding hydrogens is 480 g/mol. The first-order valence-electron chi connectivity index (χ1n) is 14.9. The van der Waals surface area contributed by atoms with Crippen LogP contribution in [-0.4, -0.2) is 33.1 Å². The summed E-state index contributed by atoms with van der Waals surface area (Å²) >= 11 is 0. The van der Waals surface area contributed by atoms with Gasteiger partial charge in [0, 0.05) is 0 Å². The topological polar surface area (TPSA) is 60.7 Å². The van der Waals surface area contributed by atoms with E-state index in [9.17, 15) is 15.3 Å². The van der Waals surface area contributed by atoms with E-state index in [1.165, 1.54) is 19.3 Å². The molecule has 0 radical (unpaired) electrons. The third-order valence-electron chi connectivity index (χ3n) is 8.01. The molecule has 0 aliphatic carbocycles. The van der Waals surface area contributed by atoms with Crippen LogP contribution in [0.2, 0.25) is 0 Å². The van der Waals surface area contributed by atoms with E-state index in [1.54, 1.807) is 6.08 Å². The van der Waals surface area contributed by atoms with Crippen molar-refractivity contribution in [3.63, 3.8) is 0 Å². The van der Waals surface area contributed by atoms with Gasteiger partial charge in [-0.1, -0.05) is 168 Å². The molecule has 39 heavy (non-hydrogen) atoms. The molecule has 0 heterocycles. The van der Waals surface area contributed by atoms with E-state index in [4.69, 9.17) is 0 Å². The Morgan fingerprint density at radius 1 is 0.615 bits per heavy atom. The number of aliphatic hydroxyl groups excluding tert-OH is 2. The number of rotatable bonds is 17. The van der Waals surface area contributed by atoms with Crippen molar-refractivity contribution >= 4 is 0 Å². The monoisotopic (exact) mass is 528 g/mol. The van der Waals surface area contributed by atoms with Gasteiger partial charge in [-0.2, -0.15) is 0 Å². The van der Waals surface area contributed by atoms with Gasteiger partial charge in [-0.05, 0) is 29.5 Å². The predicted molar refractivity (Wildman–Crippen MR) is 163 cm³/mol. The fraction of sp³-hybridized carbons (Fsp3) is 0.444. The molecule has 210 valence electrons. The molecule has 0 spiro atoms.